The lowest BCUT2D eigenvalue weighted by molar-refractivity contribution is 0.0690. The monoisotopic (exact) mass is 294 g/mol. The van der Waals surface area contributed by atoms with Crippen molar-refractivity contribution in [1.29, 1.82) is 0 Å². The number of pyridine rings is 1. The summed E-state index contributed by atoms with van der Waals surface area (Å²) in [6.07, 6.45) is 2.22. The van der Waals surface area contributed by atoms with E-state index >= 15 is 0 Å². The van der Waals surface area contributed by atoms with Crippen molar-refractivity contribution in [3.05, 3.63) is 24.0 Å². The van der Waals surface area contributed by atoms with Gasteiger partial charge in [-0.1, -0.05) is 6.92 Å². The molecule has 1 heterocycles. The van der Waals surface area contributed by atoms with Crippen molar-refractivity contribution in [2.24, 2.45) is 0 Å². The van der Waals surface area contributed by atoms with Crippen LogP contribution < -0.4 is 5.32 Å². The lowest BCUT2D eigenvalue weighted by Crippen LogP contribution is -2.39. The number of carboxylic acids is 1. The van der Waals surface area contributed by atoms with Crippen LogP contribution in [-0.4, -0.2) is 65.6 Å². The van der Waals surface area contributed by atoms with Gasteiger partial charge in [0.05, 0.1) is 11.9 Å². The molecule has 0 aliphatic carbocycles. The number of nitrogens with zero attached hydrogens (tertiary/aromatic N) is 3. The van der Waals surface area contributed by atoms with E-state index in [2.05, 4.69) is 10.3 Å². The summed E-state index contributed by atoms with van der Waals surface area (Å²) in [5, 5.41) is 11.5. The molecule has 0 radical (unpaired) electrons. The van der Waals surface area contributed by atoms with Crippen LogP contribution in [-0.2, 0) is 0 Å². The van der Waals surface area contributed by atoms with E-state index < -0.39 is 5.97 Å². The topological polar surface area (TPSA) is 85.8 Å². The molecule has 7 nitrogen and oxygen atoms in total. The fourth-order valence-electron chi connectivity index (χ4n) is 1.70. The van der Waals surface area contributed by atoms with Crippen molar-refractivity contribution in [2.75, 3.05) is 39.0 Å². The van der Waals surface area contributed by atoms with Gasteiger partial charge in [-0.15, -0.1) is 0 Å². The highest BCUT2D eigenvalue weighted by Gasteiger charge is 2.13. The standard InChI is InChI=1S/C14H22N4O3/c1-4-7-18(9-8-17(2)3)14(21)16-11-5-6-12(13(19)20)15-10-11/h5-6,10H,4,7-9H2,1-3H3,(H,16,21)(H,19,20). The van der Waals surface area contributed by atoms with E-state index in [1.54, 1.807) is 4.90 Å². The summed E-state index contributed by atoms with van der Waals surface area (Å²) in [4.78, 5) is 30.4. The van der Waals surface area contributed by atoms with Gasteiger partial charge in [0.1, 0.15) is 5.69 Å². The minimum absolute atomic E-state index is 0.0500. The summed E-state index contributed by atoms with van der Waals surface area (Å²) in [7, 11) is 3.91. The Kier molecular flexibility index (Phi) is 6.61. The average molecular weight is 294 g/mol. The fourth-order valence-corrected chi connectivity index (χ4v) is 1.70. The molecule has 0 aliphatic rings. The molecule has 0 fully saturated rings. The number of nitrogens with one attached hydrogen (secondary N) is 1. The number of aromatic carboxylic acids is 1. The molecule has 0 bridgehead atoms. The van der Waals surface area contributed by atoms with E-state index in [1.165, 1.54) is 18.3 Å². The molecule has 0 saturated heterocycles. The third-order valence-corrected chi connectivity index (χ3v) is 2.83. The first-order valence-electron chi connectivity index (χ1n) is 6.84. The lowest BCUT2D eigenvalue weighted by Gasteiger charge is -2.24. The summed E-state index contributed by atoms with van der Waals surface area (Å²) in [5.41, 5.74) is 0.432. The number of hydrogen-bond acceptors (Lipinski definition) is 4. The van der Waals surface area contributed by atoms with E-state index in [9.17, 15) is 9.59 Å². The highest BCUT2D eigenvalue weighted by Crippen LogP contribution is 2.08. The van der Waals surface area contributed by atoms with Crippen LogP contribution in [0.4, 0.5) is 10.5 Å². The predicted octanol–water partition coefficient (Wildman–Crippen LogP) is 1.59. The Labute approximate surface area is 124 Å². The van der Waals surface area contributed by atoms with Gasteiger partial charge in [-0.25, -0.2) is 14.6 Å². The Hall–Kier alpha value is -2.15. The largest absolute Gasteiger partial charge is 0.477 e. The fraction of sp³-hybridized carbons (Fsp3) is 0.500. The van der Waals surface area contributed by atoms with Crippen molar-refractivity contribution in [3.8, 4) is 0 Å². The van der Waals surface area contributed by atoms with Crippen LogP contribution in [0.1, 0.15) is 23.8 Å². The summed E-state index contributed by atoms with van der Waals surface area (Å²) in [6.45, 7) is 4.09. The van der Waals surface area contributed by atoms with Crippen molar-refractivity contribution < 1.29 is 14.7 Å². The number of carbonyl (C=O) groups is 2. The van der Waals surface area contributed by atoms with Crippen LogP contribution in [0.15, 0.2) is 18.3 Å². The number of anilines is 1. The molecule has 0 aliphatic heterocycles. The first-order valence-corrected chi connectivity index (χ1v) is 6.84. The zero-order valence-corrected chi connectivity index (χ0v) is 12.7. The molecule has 2 amide bonds. The van der Waals surface area contributed by atoms with Crippen LogP contribution in [0.25, 0.3) is 0 Å². The minimum atomic E-state index is -1.09. The summed E-state index contributed by atoms with van der Waals surface area (Å²) < 4.78 is 0. The molecule has 0 aromatic carbocycles. The molecule has 0 unspecified atom stereocenters. The van der Waals surface area contributed by atoms with Crippen LogP contribution >= 0.6 is 0 Å². The third-order valence-electron chi connectivity index (χ3n) is 2.83. The molecule has 0 saturated carbocycles. The summed E-state index contributed by atoms with van der Waals surface area (Å²) in [5.74, 6) is -1.09. The van der Waals surface area contributed by atoms with Gasteiger partial charge >= 0.3 is 12.0 Å². The lowest BCUT2D eigenvalue weighted by atomic mass is 10.3. The van der Waals surface area contributed by atoms with Crippen molar-refractivity contribution in [3.63, 3.8) is 0 Å². The zero-order valence-electron chi connectivity index (χ0n) is 12.7. The Morgan fingerprint density at radius 1 is 1.24 bits per heavy atom. The number of aromatic nitrogens is 1. The molecule has 2 N–H and O–H groups in total. The van der Waals surface area contributed by atoms with Gasteiger partial charge < -0.3 is 20.2 Å². The number of carboxylic acid groups (broad SMARTS) is 1. The van der Waals surface area contributed by atoms with Crippen LogP contribution in [0, 0.1) is 0 Å². The average Bonchev–Trinajstić information content (AvgIpc) is 2.43. The maximum Gasteiger partial charge on any atom is 0.354 e. The summed E-state index contributed by atoms with van der Waals surface area (Å²) >= 11 is 0. The number of carbonyl (C=O) groups excluding carboxylic acids is 1. The van der Waals surface area contributed by atoms with Crippen molar-refractivity contribution in [1.82, 2.24) is 14.8 Å². The van der Waals surface area contributed by atoms with E-state index in [1.807, 2.05) is 25.9 Å². The minimum Gasteiger partial charge on any atom is -0.477 e. The van der Waals surface area contributed by atoms with Crippen molar-refractivity contribution in [2.45, 2.75) is 13.3 Å². The van der Waals surface area contributed by atoms with E-state index in [0.29, 0.717) is 18.8 Å². The second-order valence-electron chi connectivity index (χ2n) is 4.96. The van der Waals surface area contributed by atoms with Crippen LogP contribution in [0.5, 0.6) is 0 Å². The van der Waals surface area contributed by atoms with Gasteiger partial charge in [-0.2, -0.15) is 0 Å². The molecule has 0 atom stereocenters. The highest BCUT2D eigenvalue weighted by molar-refractivity contribution is 5.90. The molecular formula is C14H22N4O3. The molecule has 0 spiro atoms. The van der Waals surface area contributed by atoms with Crippen molar-refractivity contribution >= 4 is 17.7 Å². The van der Waals surface area contributed by atoms with Crippen LogP contribution in [0.2, 0.25) is 0 Å². The molecule has 1 aromatic rings. The Balaban J connectivity index is 2.65. The van der Waals surface area contributed by atoms with Gasteiger partial charge in [0, 0.05) is 19.6 Å². The summed E-state index contributed by atoms with van der Waals surface area (Å²) in [6, 6.07) is 2.69. The molecular weight excluding hydrogens is 272 g/mol. The number of rotatable bonds is 7. The molecule has 1 rings (SSSR count). The first-order chi connectivity index (χ1) is 9.93. The van der Waals surface area contributed by atoms with E-state index in [-0.39, 0.29) is 11.7 Å². The van der Waals surface area contributed by atoms with E-state index in [0.717, 1.165) is 13.0 Å². The Bertz CT molecular complexity index is 474. The van der Waals surface area contributed by atoms with Gasteiger partial charge in [-0.05, 0) is 32.6 Å². The SMILES string of the molecule is CCCN(CCN(C)C)C(=O)Nc1ccc(C(=O)O)nc1. The second kappa shape index (κ2) is 8.21. The quantitative estimate of drug-likeness (QED) is 0.797. The van der Waals surface area contributed by atoms with Gasteiger partial charge in [0.2, 0.25) is 0 Å². The maximum absolute atomic E-state index is 12.2. The number of urea groups is 1. The number of hydrogen-bond donors (Lipinski definition) is 2. The Morgan fingerprint density at radius 2 is 1.95 bits per heavy atom. The smallest absolute Gasteiger partial charge is 0.354 e. The molecule has 116 valence electrons. The zero-order chi connectivity index (χ0) is 15.8. The van der Waals surface area contributed by atoms with Gasteiger partial charge in [-0.3, -0.25) is 0 Å². The maximum atomic E-state index is 12.2. The molecule has 21 heavy (non-hydrogen) atoms. The first kappa shape index (κ1) is 16.9. The predicted molar refractivity (Wildman–Crippen MR) is 80.6 cm³/mol. The van der Waals surface area contributed by atoms with Gasteiger partial charge in [0.15, 0.2) is 0 Å². The molecule has 7 heteroatoms. The molecule has 1 aromatic heterocycles. The van der Waals surface area contributed by atoms with Gasteiger partial charge in [0.25, 0.3) is 0 Å². The highest BCUT2D eigenvalue weighted by atomic mass is 16.4. The second-order valence-corrected chi connectivity index (χ2v) is 4.96. The third kappa shape index (κ3) is 5.78. The Morgan fingerprint density at radius 3 is 2.43 bits per heavy atom. The normalized spacial score (nSPS) is 10.5. The van der Waals surface area contributed by atoms with Crippen LogP contribution in [0.3, 0.4) is 0 Å². The number of likely N-dealkylation sites (N-methyl/N-ethyl adjacent to an activating group) is 1. The van der Waals surface area contributed by atoms with E-state index in [4.69, 9.17) is 5.11 Å². The number of amides is 2.